The van der Waals surface area contributed by atoms with Crippen LogP contribution in [0.5, 0.6) is 17.6 Å². The van der Waals surface area contributed by atoms with E-state index in [1.807, 2.05) is 39.1 Å². The number of nitrogens with zero attached hydrogens (tertiary/aromatic N) is 5. The molecule has 2 N–H and O–H groups in total. The molecule has 0 aliphatic rings. The Balaban J connectivity index is 1.89. The molecular formula is C20H21N7O2. The molecule has 1 atom stereocenters. The van der Waals surface area contributed by atoms with Crippen molar-refractivity contribution in [2.24, 2.45) is 4.99 Å². The molecule has 148 valence electrons. The second kappa shape index (κ2) is 7.70. The molecule has 3 aromatic heterocycles. The zero-order valence-corrected chi connectivity index (χ0v) is 16.6. The Morgan fingerprint density at radius 2 is 2.00 bits per heavy atom. The van der Waals surface area contributed by atoms with Gasteiger partial charge in [0.15, 0.2) is 5.75 Å². The number of aliphatic imine (C=N–C) groups is 1. The lowest BCUT2D eigenvalue weighted by Crippen LogP contribution is -2.15. The molecule has 0 bridgehead atoms. The van der Waals surface area contributed by atoms with Gasteiger partial charge in [-0.3, -0.25) is 4.99 Å². The van der Waals surface area contributed by atoms with E-state index in [9.17, 15) is 0 Å². The van der Waals surface area contributed by atoms with E-state index in [1.165, 1.54) is 0 Å². The van der Waals surface area contributed by atoms with E-state index in [0.29, 0.717) is 23.1 Å². The van der Waals surface area contributed by atoms with Gasteiger partial charge in [0.05, 0.1) is 29.0 Å². The van der Waals surface area contributed by atoms with Crippen molar-refractivity contribution in [3.8, 4) is 17.6 Å². The quantitative estimate of drug-likeness (QED) is 0.484. The molecule has 9 heteroatoms. The van der Waals surface area contributed by atoms with Crippen molar-refractivity contribution in [3.05, 3.63) is 36.4 Å². The number of para-hydroxylation sites is 1. The van der Waals surface area contributed by atoms with Crippen LogP contribution in [-0.2, 0) is 0 Å². The minimum Gasteiger partial charge on any atom is -0.454 e. The maximum absolute atomic E-state index is 6.04. The Hall–Kier alpha value is -3.75. The predicted octanol–water partition coefficient (Wildman–Crippen LogP) is 3.51. The van der Waals surface area contributed by atoms with Gasteiger partial charge in [-0.05, 0) is 19.9 Å². The molecule has 4 rings (SSSR count). The minimum absolute atomic E-state index is 0.186. The standard InChI is InChI=1S/C20H21N7O2/c1-11(8-21-3)28-20-26-18-16(14-6-5-7-15(22-4)17(14)25-18)19(27-20)29-13-9-23-12(2)24-10-13/h5-11,22H,1-4H3,(H,25,26,27). The number of aromatic amines is 1. The lowest BCUT2D eigenvalue weighted by atomic mass is 10.2. The maximum Gasteiger partial charge on any atom is 0.322 e. The summed E-state index contributed by atoms with van der Waals surface area (Å²) in [7, 11) is 3.56. The highest BCUT2D eigenvalue weighted by atomic mass is 16.5. The van der Waals surface area contributed by atoms with Gasteiger partial charge in [0.25, 0.3) is 0 Å². The molecule has 9 nitrogen and oxygen atoms in total. The molecule has 0 amide bonds. The van der Waals surface area contributed by atoms with Crippen LogP contribution in [0.4, 0.5) is 5.69 Å². The minimum atomic E-state index is -0.287. The Morgan fingerprint density at radius 1 is 1.21 bits per heavy atom. The van der Waals surface area contributed by atoms with Gasteiger partial charge < -0.3 is 19.8 Å². The largest absolute Gasteiger partial charge is 0.454 e. The Morgan fingerprint density at radius 3 is 2.72 bits per heavy atom. The van der Waals surface area contributed by atoms with Crippen LogP contribution in [-0.4, -0.2) is 51.3 Å². The highest BCUT2D eigenvalue weighted by Crippen LogP contribution is 2.37. The zero-order valence-electron chi connectivity index (χ0n) is 16.6. The topological polar surface area (TPSA) is 110 Å². The lowest BCUT2D eigenvalue weighted by molar-refractivity contribution is 0.265. The molecule has 4 aromatic rings. The van der Waals surface area contributed by atoms with Crippen LogP contribution in [0.1, 0.15) is 12.7 Å². The van der Waals surface area contributed by atoms with Gasteiger partial charge in [-0.15, -0.1) is 0 Å². The van der Waals surface area contributed by atoms with Crippen LogP contribution in [0, 0.1) is 6.92 Å². The van der Waals surface area contributed by atoms with Crippen LogP contribution in [0.25, 0.3) is 21.9 Å². The Kier molecular flexibility index (Phi) is 4.94. The summed E-state index contributed by atoms with van der Waals surface area (Å²) in [5, 5.41) is 4.87. The van der Waals surface area contributed by atoms with E-state index < -0.39 is 0 Å². The molecule has 0 aliphatic carbocycles. The number of nitrogens with one attached hydrogen (secondary N) is 2. The summed E-state index contributed by atoms with van der Waals surface area (Å²) in [6.07, 6.45) is 4.60. The van der Waals surface area contributed by atoms with E-state index in [0.717, 1.165) is 22.0 Å². The summed E-state index contributed by atoms with van der Waals surface area (Å²) in [6.45, 7) is 3.67. The van der Waals surface area contributed by atoms with Crippen molar-refractivity contribution in [2.45, 2.75) is 20.0 Å². The van der Waals surface area contributed by atoms with Gasteiger partial charge in [0.1, 0.15) is 17.6 Å². The number of rotatable bonds is 6. The van der Waals surface area contributed by atoms with Crippen molar-refractivity contribution < 1.29 is 9.47 Å². The van der Waals surface area contributed by atoms with Crippen LogP contribution in [0.2, 0.25) is 0 Å². The van der Waals surface area contributed by atoms with Crippen molar-refractivity contribution in [1.82, 2.24) is 24.9 Å². The molecule has 29 heavy (non-hydrogen) atoms. The number of aryl methyl sites for hydroxylation is 1. The fourth-order valence-corrected chi connectivity index (χ4v) is 3.05. The number of H-pyrrole nitrogens is 1. The molecular weight excluding hydrogens is 370 g/mol. The molecule has 3 heterocycles. The number of fused-ring (bicyclic) bond motifs is 3. The summed E-state index contributed by atoms with van der Waals surface area (Å²) in [5.41, 5.74) is 2.46. The van der Waals surface area contributed by atoms with Crippen LogP contribution < -0.4 is 14.8 Å². The predicted molar refractivity (Wildman–Crippen MR) is 112 cm³/mol. The number of aromatic nitrogens is 5. The second-order valence-corrected chi connectivity index (χ2v) is 6.44. The average molecular weight is 391 g/mol. The SMILES string of the molecule is CN=CC(C)Oc1nc(Oc2cnc(C)nc2)c2c(n1)[nH]c1c(NC)cccc12. The summed E-state index contributed by atoms with van der Waals surface area (Å²) in [4.78, 5) is 24.7. The van der Waals surface area contributed by atoms with Crippen LogP contribution >= 0.6 is 0 Å². The number of hydrogen-bond donors (Lipinski definition) is 2. The number of hydrogen-bond acceptors (Lipinski definition) is 8. The molecule has 0 aliphatic heterocycles. The molecule has 0 saturated carbocycles. The first-order valence-electron chi connectivity index (χ1n) is 9.14. The van der Waals surface area contributed by atoms with E-state index in [-0.39, 0.29) is 12.1 Å². The molecule has 1 unspecified atom stereocenters. The third-order valence-electron chi connectivity index (χ3n) is 4.32. The van der Waals surface area contributed by atoms with Gasteiger partial charge in [0, 0.05) is 25.7 Å². The first-order valence-corrected chi connectivity index (χ1v) is 9.14. The summed E-state index contributed by atoms with van der Waals surface area (Å²) in [5.74, 6) is 1.49. The van der Waals surface area contributed by atoms with Gasteiger partial charge in [0.2, 0.25) is 5.88 Å². The smallest absolute Gasteiger partial charge is 0.322 e. The summed E-state index contributed by atoms with van der Waals surface area (Å²) < 4.78 is 11.8. The van der Waals surface area contributed by atoms with Crippen molar-refractivity contribution >= 4 is 33.8 Å². The monoisotopic (exact) mass is 391 g/mol. The van der Waals surface area contributed by atoms with Crippen LogP contribution in [0.15, 0.2) is 35.6 Å². The van der Waals surface area contributed by atoms with Gasteiger partial charge in [-0.2, -0.15) is 9.97 Å². The molecule has 0 spiro atoms. The summed E-state index contributed by atoms with van der Waals surface area (Å²) >= 11 is 0. The third-order valence-corrected chi connectivity index (χ3v) is 4.32. The van der Waals surface area contributed by atoms with Gasteiger partial charge in [-0.25, -0.2) is 9.97 Å². The second-order valence-electron chi connectivity index (χ2n) is 6.44. The maximum atomic E-state index is 6.04. The van der Waals surface area contributed by atoms with Crippen LogP contribution in [0.3, 0.4) is 0 Å². The van der Waals surface area contributed by atoms with E-state index in [1.54, 1.807) is 25.7 Å². The van der Waals surface area contributed by atoms with Gasteiger partial charge in [-0.1, -0.05) is 12.1 Å². The third kappa shape index (κ3) is 3.66. The molecule has 0 saturated heterocycles. The molecule has 0 fully saturated rings. The average Bonchev–Trinajstić information content (AvgIpc) is 3.08. The zero-order chi connectivity index (χ0) is 20.4. The lowest BCUT2D eigenvalue weighted by Gasteiger charge is -2.11. The first kappa shape index (κ1) is 18.6. The fraction of sp³-hybridized carbons (Fsp3) is 0.250. The molecule has 1 aromatic carbocycles. The number of ether oxygens (including phenoxy) is 2. The fourth-order valence-electron chi connectivity index (χ4n) is 3.05. The van der Waals surface area contributed by atoms with Crippen molar-refractivity contribution in [3.63, 3.8) is 0 Å². The Bertz CT molecular complexity index is 1190. The Labute approximate surface area is 167 Å². The first-order chi connectivity index (χ1) is 14.1. The highest BCUT2D eigenvalue weighted by Gasteiger charge is 2.19. The number of benzene rings is 1. The summed E-state index contributed by atoms with van der Waals surface area (Å²) in [6, 6.07) is 6.12. The van der Waals surface area contributed by atoms with E-state index in [4.69, 9.17) is 9.47 Å². The highest BCUT2D eigenvalue weighted by molar-refractivity contribution is 6.12. The van der Waals surface area contributed by atoms with Gasteiger partial charge >= 0.3 is 6.01 Å². The number of anilines is 1. The van der Waals surface area contributed by atoms with Crippen molar-refractivity contribution in [2.75, 3.05) is 19.4 Å². The molecule has 0 radical (unpaired) electrons. The van der Waals surface area contributed by atoms with E-state index in [2.05, 4.69) is 35.2 Å². The van der Waals surface area contributed by atoms with E-state index >= 15 is 0 Å². The van der Waals surface area contributed by atoms with Crippen molar-refractivity contribution in [1.29, 1.82) is 0 Å². The normalized spacial score (nSPS) is 12.6.